The fraction of sp³-hybridized carbons (Fsp3) is 0.368. The van der Waals surface area contributed by atoms with E-state index in [1.165, 1.54) is 7.11 Å². The van der Waals surface area contributed by atoms with E-state index < -0.39 is 17.9 Å². The minimum absolute atomic E-state index is 0. The normalized spacial score (nSPS) is 23.1. The number of carbonyl (C=O) groups excluding carboxylic acids is 2. The van der Waals surface area contributed by atoms with E-state index in [1.807, 2.05) is 38.2 Å². The van der Waals surface area contributed by atoms with E-state index in [9.17, 15) is 14.7 Å². The van der Waals surface area contributed by atoms with Crippen molar-refractivity contribution < 1.29 is 24.2 Å². The number of aliphatic hydroxyl groups excluding tert-OH is 1. The first-order chi connectivity index (χ1) is 22.5. The molecule has 0 amide bonds. The van der Waals surface area contributed by atoms with Crippen molar-refractivity contribution in [3.05, 3.63) is 91.1 Å². The van der Waals surface area contributed by atoms with Crippen LogP contribution in [0, 0.1) is 38.5 Å². The molecule has 0 radical (unpaired) electrons. The molecule has 1 unspecified atom stereocenters. The molecule has 3 aromatic rings. The number of methoxy groups -OCH3 is 1. The first kappa shape index (κ1) is 35.2. The Morgan fingerprint density at radius 2 is 1.71 bits per heavy atom. The summed E-state index contributed by atoms with van der Waals surface area (Å²) in [5.74, 6) is -2.21. The van der Waals surface area contributed by atoms with E-state index >= 15 is 0 Å². The predicted octanol–water partition coefficient (Wildman–Crippen LogP) is 1.67. The summed E-state index contributed by atoms with van der Waals surface area (Å²) in [6, 6.07) is -0.441. The first-order valence-electron chi connectivity index (χ1n) is 16.1. The Balaban J connectivity index is 0.00000451. The van der Waals surface area contributed by atoms with Crippen LogP contribution in [0.5, 0.6) is 0 Å². The molecule has 1 aliphatic carbocycles. The van der Waals surface area contributed by atoms with Crippen molar-refractivity contribution in [3.63, 3.8) is 0 Å². The third-order valence-electron chi connectivity index (χ3n) is 10.1. The van der Waals surface area contributed by atoms with Crippen molar-refractivity contribution in [3.8, 4) is 0 Å². The summed E-state index contributed by atoms with van der Waals surface area (Å²) in [5.41, 5.74) is 8.68. The van der Waals surface area contributed by atoms with Crippen LogP contribution in [0.3, 0.4) is 0 Å². The van der Waals surface area contributed by atoms with Crippen molar-refractivity contribution in [1.29, 1.82) is 0 Å². The van der Waals surface area contributed by atoms with Crippen LogP contribution < -0.4 is 41.5 Å². The molecular formula is C38H41MgN4O5-. The third kappa shape index (κ3) is 5.68. The van der Waals surface area contributed by atoms with Crippen molar-refractivity contribution >= 4 is 70.6 Å². The number of ether oxygens (including phenoxy) is 2. The second-order valence-electron chi connectivity index (χ2n) is 12.6. The summed E-state index contributed by atoms with van der Waals surface area (Å²) < 4.78 is 10.5. The Labute approximate surface area is 296 Å². The van der Waals surface area contributed by atoms with Gasteiger partial charge in [-0.2, -0.15) is 0 Å². The molecule has 0 aromatic carbocycles. The smallest absolute Gasteiger partial charge is 0.657 e. The van der Waals surface area contributed by atoms with Crippen LogP contribution in [0.15, 0.2) is 24.9 Å². The van der Waals surface area contributed by atoms with E-state index in [-0.39, 0.29) is 59.6 Å². The summed E-state index contributed by atoms with van der Waals surface area (Å²) in [4.78, 5) is 41.2. The quantitative estimate of drug-likeness (QED) is 0.211. The standard InChI is InChI=1S/C38H41N4O5.Mg/c1-9-14-47-31(43)13-12-24-20(6)27-15-25-18(4)22(10-2)29(39-25)16-26-19(5)23(11-3)30(40-26)17-28-21(7)32-36(42-28)33(35(24)41-27)34(37(32)44)38(45)46-8;/h9-10,15-17,20,24,34-35,41,44H,1-2,11-14H2,3-8H3;/q-3;+2/b26-16-,27-15-,30-17-;/t20-,24-,34+,35?;/m0./s1. The summed E-state index contributed by atoms with van der Waals surface area (Å²) in [6.45, 7) is 18.1. The molecule has 1 saturated heterocycles. The molecule has 4 atom stereocenters. The SMILES string of the molecule is C=CCOC(=O)CC[C@@H]1C2N/C(=C\c3[n-]c(c(C=C)c3C)/C=c3\[n-]/c(c(CC)c3C)=C\c3[n-]c4c(c3C)=C(O)[C@H](C(=O)OC)C=42)[C@H]1C.[Mg+2]. The van der Waals surface area contributed by atoms with Crippen molar-refractivity contribution in [2.75, 3.05) is 13.7 Å². The summed E-state index contributed by atoms with van der Waals surface area (Å²) in [7, 11) is 1.32. The fourth-order valence-corrected chi connectivity index (χ4v) is 7.54. The molecule has 2 N–H and O–H groups in total. The van der Waals surface area contributed by atoms with Crippen LogP contribution >= 0.6 is 0 Å². The van der Waals surface area contributed by atoms with Crippen LogP contribution in [0.4, 0.5) is 0 Å². The Bertz CT molecular complexity index is 2110. The molecule has 6 rings (SSSR count). The number of nitrogens with zero attached hydrogens (tertiary/aromatic N) is 3. The number of nitrogens with one attached hydrogen (secondary N) is 1. The van der Waals surface area contributed by atoms with Crippen LogP contribution in [-0.4, -0.2) is 59.9 Å². The van der Waals surface area contributed by atoms with Crippen LogP contribution in [0.1, 0.15) is 71.6 Å². The van der Waals surface area contributed by atoms with Crippen molar-refractivity contribution in [2.24, 2.45) is 17.8 Å². The van der Waals surface area contributed by atoms with E-state index in [4.69, 9.17) is 24.4 Å². The number of rotatable bonds is 8. The number of aliphatic hydroxyl groups is 1. The van der Waals surface area contributed by atoms with Gasteiger partial charge < -0.3 is 34.8 Å². The van der Waals surface area contributed by atoms with E-state index in [0.29, 0.717) is 28.3 Å². The van der Waals surface area contributed by atoms with Gasteiger partial charge in [0.2, 0.25) is 0 Å². The largest absolute Gasteiger partial charge is 2.00 e. The number of hydrogen-bond acceptors (Lipinski definition) is 6. The molecule has 0 saturated carbocycles. The topological polar surface area (TPSA) is 127 Å². The zero-order valence-corrected chi connectivity index (χ0v) is 30.0. The summed E-state index contributed by atoms with van der Waals surface area (Å²) >= 11 is 0. The number of allylic oxidation sites excluding steroid dienone is 1. The molecule has 0 spiro atoms. The van der Waals surface area contributed by atoms with Gasteiger partial charge in [0.25, 0.3) is 0 Å². The number of fused-ring (bicyclic) bond motifs is 8. The van der Waals surface area contributed by atoms with Gasteiger partial charge in [-0.15, -0.1) is 33.1 Å². The Morgan fingerprint density at radius 1 is 1.00 bits per heavy atom. The molecule has 48 heavy (non-hydrogen) atoms. The molecule has 9 nitrogen and oxygen atoms in total. The molecule has 246 valence electrons. The second kappa shape index (κ2) is 13.8. The van der Waals surface area contributed by atoms with Crippen LogP contribution in [-0.2, 0) is 25.5 Å². The molecule has 3 aromatic heterocycles. The van der Waals surface area contributed by atoms with Gasteiger partial charge in [-0.05, 0) is 50.7 Å². The van der Waals surface area contributed by atoms with E-state index in [1.54, 1.807) is 6.08 Å². The summed E-state index contributed by atoms with van der Waals surface area (Å²) in [6.07, 6.45) is 10.8. The summed E-state index contributed by atoms with van der Waals surface area (Å²) in [5, 5.41) is 18.1. The predicted molar refractivity (Wildman–Crippen MR) is 187 cm³/mol. The van der Waals surface area contributed by atoms with Gasteiger partial charge in [-0.25, -0.2) is 0 Å². The van der Waals surface area contributed by atoms with Crippen LogP contribution in [0.2, 0.25) is 0 Å². The monoisotopic (exact) mass is 657 g/mol. The van der Waals surface area contributed by atoms with E-state index in [2.05, 4.69) is 39.2 Å². The average Bonchev–Trinajstić information content (AvgIpc) is 3.79. The zero-order valence-electron chi connectivity index (χ0n) is 28.6. The number of hydrogen-bond donors (Lipinski definition) is 2. The maximum atomic E-state index is 13.4. The van der Waals surface area contributed by atoms with Gasteiger partial charge in [-0.3, -0.25) is 9.59 Å². The van der Waals surface area contributed by atoms with Gasteiger partial charge in [0.1, 0.15) is 18.3 Å². The number of carbonyl (C=O) groups is 2. The maximum Gasteiger partial charge on any atom is 2.00 e. The van der Waals surface area contributed by atoms with E-state index in [0.717, 1.165) is 62.0 Å². The van der Waals surface area contributed by atoms with Gasteiger partial charge >= 0.3 is 35.0 Å². The molecule has 10 heteroatoms. The Kier molecular flexibility index (Phi) is 10.1. The average molecular weight is 658 g/mol. The van der Waals surface area contributed by atoms with Crippen LogP contribution in [0.25, 0.3) is 35.6 Å². The number of aromatic nitrogens is 3. The van der Waals surface area contributed by atoms with Gasteiger partial charge in [0.15, 0.2) is 0 Å². The minimum atomic E-state index is -1.03. The Hall–Kier alpha value is -4.15. The molecule has 1 fully saturated rings. The van der Waals surface area contributed by atoms with Crippen molar-refractivity contribution in [2.45, 2.75) is 59.9 Å². The fourth-order valence-electron chi connectivity index (χ4n) is 7.54. The molecule has 8 bridgehead atoms. The first-order valence-corrected chi connectivity index (χ1v) is 16.1. The van der Waals surface area contributed by atoms with Gasteiger partial charge in [0, 0.05) is 23.3 Å². The molecule has 3 aliphatic rings. The molecular weight excluding hydrogens is 617 g/mol. The minimum Gasteiger partial charge on any atom is -0.657 e. The van der Waals surface area contributed by atoms with Gasteiger partial charge in [0.05, 0.1) is 13.2 Å². The molecule has 5 heterocycles. The van der Waals surface area contributed by atoms with Gasteiger partial charge in [-0.1, -0.05) is 79.6 Å². The Morgan fingerprint density at radius 3 is 2.38 bits per heavy atom. The van der Waals surface area contributed by atoms with Crippen molar-refractivity contribution in [1.82, 2.24) is 20.3 Å². The third-order valence-corrected chi connectivity index (χ3v) is 10.1. The second-order valence-corrected chi connectivity index (χ2v) is 12.6. The zero-order chi connectivity index (χ0) is 33.7. The molecule has 2 aliphatic heterocycles. The number of esters is 2. The maximum absolute atomic E-state index is 13.4.